The Balaban J connectivity index is 2.60. The highest BCUT2D eigenvalue weighted by Gasteiger charge is 2.24. The summed E-state index contributed by atoms with van der Waals surface area (Å²) in [5, 5.41) is 0. The van der Waals surface area contributed by atoms with Gasteiger partial charge < -0.3 is 4.74 Å². The highest BCUT2D eigenvalue weighted by Crippen LogP contribution is 2.20. The van der Waals surface area contributed by atoms with Crippen LogP contribution in [-0.2, 0) is 9.53 Å². The predicted octanol–water partition coefficient (Wildman–Crippen LogP) is 1.59. The minimum atomic E-state index is -0.182. The topological polar surface area (TPSA) is 29.5 Å². The molecule has 0 radical (unpaired) electrons. The van der Waals surface area contributed by atoms with E-state index in [1.165, 1.54) is 7.11 Å². The lowest BCUT2D eigenvalue weighted by atomic mass is 10.0. The van der Waals surface area contributed by atoms with Gasteiger partial charge in [0.15, 0.2) is 0 Å². The van der Waals surface area contributed by atoms with Gasteiger partial charge in [-0.1, -0.05) is 6.08 Å². The van der Waals surface area contributed by atoms with Crippen LogP contribution < -0.4 is 0 Å². The van der Waals surface area contributed by atoms with Crippen LogP contribution >= 0.6 is 0 Å². The van der Waals surface area contributed by atoms with E-state index in [0.717, 1.165) is 25.1 Å². The van der Waals surface area contributed by atoms with Crippen LogP contribution in [-0.4, -0.2) is 36.6 Å². The number of carbonyl (C=O) groups is 1. The first kappa shape index (κ1) is 11.2. The van der Waals surface area contributed by atoms with E-state index in [1.54, 1.807) is 0 Å². The third-order valence-corrected chi connectivity index (χ3v) is 2.61. The monoisotopic (exact) mass is 197 g/mol. The van der Waals surface area contributed by atoms with E-state index in [9.17, 15) is 4.79 Å². The molecular formula is C11H19NO2. The van der Waals surface area contributed by atoms with Crippen molar-refractivity contribution in [3.63, 3.8) is 0 Å². The summed E-state index contributed by atoms with van der Waals surface area (Å²) in [7, 11) is 1.43. The third kappa shape index (κ3) is 2.58. The molecule has 0 bridgehead atoms. The maximum absolute atomic E-state index is 11.2. The van der Waals surface area contributed by atoms with Gasteiger partial charge in [-0.15, -0.1) is 0 Å². The van der Waals surface area contributed by atoms with E-state index < -0.39 is 0 Å². The van der Waals surface area contributed by atoms with Crippen LogP contribution in [0.4, 0.5) is 0 Å². The van der Waals surface area contributed by atoms with Gasteiger partial charge in [-0.2, -0.15) is 0 Å². The molecule has 14 heavy (non-hydrogen) atoms. The molecule has 1 heterocycles. The van der Waals surface area contributed by atoms with Gasteiger partial charge in [-0.05, 0) is 27.2 Å². The van der Waals surface area contributed by atoms with Crippen LogP contribution in [0.2, 0.25) is 0 Å². The van der Waals surface area contributed by atoms with Gasteiger partial charge in [0.1, 0.15) is 0 Å². The lowest BCUT2D eigenvalue weighted by molar-refractivity contribution is -0.136. The van der Waals surface area contributed by atoms with Crippen LogP contribution in [0, 0.1) is 0 Å². The Hall–Kier alpha value is -0.830. The zero-order valence-electron chi connectivity index (χ0n) is 9.46. The smallest absolute Gasteiger partial charge is 0.333 e. The van der Waals surface area contributed by atoms with Crippen molar-refractivity contribution < 1.29 is 9.53 Å². The maximum Gasteiger partial charge on any atom is 0.333 e. The number of hydrogen-bond donors (Lipinski definition) is 0. The molecule has 0 amide bonds. The summed E-state index contributed by atoms with van der Waals surface area (Å²) in [5.74, 6) is -0.182. The molecule has 0 aromatic carbocycles. The molecule has 0 aromatic rings. The number of esters is 1. The molecule has 0 aromatic heterocycles. The molecule has 3 heteroatoms. The second-order valence-corrected chi connectivity index (χ2v) is 4.59. The van der Waals surface area contributed by atoms with Crippen LogP contribution in [0.5, 0.6) is 0 Å². The zero-order valence-corrected chi connectivity index (χ0v) is 9.46. The quantitative estimate of drug-likeness (QED) is 0.598. The molecule has 1 aliphatic rings. The van der Waals surface area contributed by atoms with Crippen LogP contribution in [0.1, 0.15) is 27.2 Å². The Morgan fingerprint density at radius 2 is 2.14 bits per heavy atom. The minimum Gasteiger partial charge on any atom is -0.466 e. The van der Waals surface area contributed by atoms with Gasteiger partial charge in [0.05, 0.1) is 7.11 Å². The van der Waals surface area contributed by atoms with Crippen LogP contribution in [0.3, 0.4) is 0 Å². The second kappa shape index (κ2) is 4.13. The standard InChI is InChI=1S/C11H19NO2/c1-11(2,3)12-7-5-9(6-8-12)10(13)14-4/h5H,6-8H2,1-4H3. The molecule has 1 aliphatic heterocycles. The van der Waals surface area contributed by atoms with Crippen molar-refractivity contribution in [3.05, 3.63) is 11.6 Å². The number of carbonyl (C=O) groups excluding carboxylic acids is 1. The van der Waals surface area contributed by atoms with Gasteiger partial charge in [-0.3, -0.25) is 4.90 Å². The Bertz CT molecular complexity index is 251. The van der Waals surface area contributed by atoms with Gasteiger partial charge in [0.25, 0.3) is 0 Å². The Labute approximate surface area is 85.7 Å². The van der Waals surface area contributed by atoms with E-state index in [-0.39, 0.29) is 11.5 Å². The lowest BCUT2D eigenvalue weighted by Crippen LogP contribution is -2.44. The number of nitrogens with zero attached hydrogens (tertiary/aromatic N) is 1. The van der Waals surface area contributed by atoms with E-state index in [0.29, 0.717) is 0 Å². The number of methoxy groups -OCH3 is 1. The highest BCUT2D eigenvalue weighted by atomic mass is 16.5. The van der Waals surface area contributed by atoms with Crippen LogP contribution in [0.15, 0.2) is 11.6 Å². The fourth-order valence-electron chi connectivity index (χ4n) is 1.59. The van der Waals surface area contributed by atoms with Crippen molar-refractivity contribution in [2.75, 3.05) is 20.2 Å². The van der Waals surface area contributed by atoms with E-state index in [2.05, 4.69) is 30.4 Å². The zero-order chi connectivity index (χ0) is 10.8. The summed E-state index contributed by atoms with van der Waals surface area (Å²) < 4.78 is 4.68. The number of ether oxygens (including phenoxy) is 1. The van der Waals surface area contributed by atoms with Crippen LogP contribution in [0.25, 0.3) is 0 Å². The van der Waals surface area contributed by atoms with E-state index >= 15 is 0 Å². The molecule has 0 saturated heterocycles. The predicted molar refractivity (Wildman–Crippen MR) is 56.0 cm³/mol. The Morgan fingerprint density at radius 1 is 1.50 bits per heavy atom. The molecule has 3 nitrogen and oxygen atoms in total. The molecule has 0 fully saturated rings. The summed E-state index contributed by atoms with van der Waals surface area (Å²) in [6.07, 6.45) is 2.77. The Morgan fingerprint density at radius 3 is 2.50 bits per heavy atom. The summed E-state index contributed by atoms with van der Waals surface area (Å²) >= 11 is 0. The molecule has 1 rings (SSSR count). The van der Waals surface area contributed by atoms with E-state index in [4.69, 9.17) is 0 Å². The molecule has 0 saturated carbocycles. The second-order valence-electron chi connectivity index (χ2n) is 4.59. The van der Waals surface area contributed by atoms with Gasteiger partial charge in [0, 0.05) is 24.2 Å². The fraction of sp³-hybridized carbons (Fsp3) is 0.727. The highest BCUT2D eigenvalue weighted by molar-refractivity contribution is 5.88. The number of hydrogen-bond acceptors (Lipinski definition) is 3. The average molecular weight is 197 g/mol. The SMILES string of the molecule is COC(=O)C1=CCN(C(C)(C)C)CC1. The molecule has 0 atom stereocenters. The molecule has 0 spiro atoms. The first-order valence-electron chi connectivity index (χ1n) is 4.97. The molecule has 0 aliphatic carbocycles. The summed E-state index contributed by atoms with van der Waals surface area (Å²) in [6, 6.07) is 0. The minimum absolute atomic E-state index is 0.179. The van der Waals surface area contributed by atoms with Gasteiger partial charge >= 0.3 is 5.97 Å². The fourth-order valence-corrected chi connectivity index (χ4v) is 1.59. The first-order valence-corrected chi connectivity index (χ1v) is 4.97. The lowest BCUT2D eigenvalue weighted by Gasteiger charge is -2.37. The first-order chi connectivity index (χ1) is 6.45. The molecule has 0 N–H and O–H groups in total. The number of rotatable bonds is 1. The van der Waals surface area contributed by atoms with Crippen molar-refractivity contribution in [2.45, 2.75) is 32.7 Å². The third-order valence-electron chi connectivity index (χ3n) is 2.61. The maximum atomic E-state index is 11.2. The van der Waals surface area contributed by atoms with Gasteiger partial charge in [0.2, 0.25) is 0 Å². The van der Waals surface area contributed by atoms with E-state index in [1.807, 2.05) is 6.08 Å². The van der Waals surface area contributed by atoms with Crippen molar-refractivity contribution in [3.8, 4) is 0 Å². The van der Waals surface area contributed by atoms with Gasteiger partial charge in [-0.25, -0.2) is 4.79 Å². The largest absolute Gasteiger partial charge is 0.466 e. The van der Waals surface area contributed by atoms with Crippen molar-refractivity contribution in [1.29, 1.82) is 0 Å². The molecular weight excluding hydrogens is 178 g/mol. The normalized spacial score (nSPS) is 19.0. The molecule has 0 unspecified atom stereocenters. The Kier molecular flexibility index (Phi) is 3.32. The van der Waals surface area contributed by atoms with Crippen molar-refractivity contribution in [1.82, 2.24) is 4.90 Å². The van der Waals surface area contributed by atoms with Crippen molar-refractivity contribution >= 4 is 5.97 Å². The summed E-state index contributed by atoms with van der Waals surface area (Å²) in [4.78, 5) is 13.6. The summed E-state index contributed by atoms with van der Waals surface area (Å²) in [5.41, 5.74) is 0.992. The van der Waals surface area contributed by atoms with Crippen molar-refractivity contribution in [2.24, 2.45) is 0 Å². The molecule has 80 valence electrons. The average Bonchev–Trinajstić information content (AvgIpc) is 2.15. The summed E-state index contributed by atoms with van der Waals surface area (Å²) in [6.45, 7) is 8.33.